The Hall–Kier alpha value is -0.790. The Balaban J connectivity index is 2.06. The summed E-state index contributed by atoms with van der Waals surface area (Å²) in [5.41, 5.74) is 1.41. The van der Waals surface area contributed by atoms with Gasteiger partial charge >= 0.3 is 5.97 Å². The third kappa shape index (κ3) is 1.30. The largest absolute Gasteiger partial charge is 0.478 e. The first-order chi connectivity index (χ1) is 7.87. The number of carbonyl (C=O) groups is 1. The SMILES string of the molecule is C[C@@H]1CC[C@@H]2C(C(=O)O)=C[C@H]3CC(C)(C)C[C@]123. The molecule has 3 aliphatic carbocycles. The van der Waals surface area contributed by atoms with Crippen LogP contribution in [-0.4, -0.2) is 11.1 Å². The van der Waals surface area contributed by atoms with Gasteiger partial charge in [0.1, 0.15) is 0 Å². The number of aliphatic carboxylic acids is 1. The summed E-state index contributed by atoms with van der Waals surface area (Å²) in [7, 11) is 0. The van der Waals surface area contributed by atoms with Gasteiger partial charge in [-0.15, -0.1) is 0 Å². The van der Waals surface area contributed by atoms with Crippen LogP contribution in [0.25, 0.3) is 0 Å². The van der Waals surface area contributed by atoms with Crippen molar-refractivity contribution in [3.63, 3.8) is 0 Å². The number of carboxylic acid groups (broad SMARTS) is 1. The molecule has 0 saturated heterocycles. The standard InChI is InChI=1S/C15H22O2/c1-9-4-5-12-11(13(16)17)6-10-7-14(2,3)8-15(9,10)12/h6,9-10,12H,4-5,7-8H2,1-3H3,(H,16,17)/t9-,10+,12-,15-/m1/s1. The molecule has 1 N–H and O–H groups in total. The van der Waals surface area contributed by atoms with E-state index in [0.717, 1.165) is 12.0 Å². The van der Waals surface area contributed by atoms with Gasteiger partial charge in [0.25, 0.3) is 0 Å². The lowest BCUT2D eigenvalue weighted by atomic mass is 9.67. The molecule has 1 spiro atoms. The van der Waals surface area contributed by atoms with Gasteiger partial charge in [-0.25, -0.2) is 4.79 Å². The van der Waals surface area contributed by atoms with Gasteiger partial charge in [-0.05, 0) is 54.3 Å². The van der Waals surface area contributed by atoms with Crippen molar-refractivity contribution in [2.45, 2.75) is 46.5 Å². The van der Waals surface area contributed by atoms with Crippen molar-refractivity contribution in [1.82, 2.24) is 0 Å². The molecule has 0 aromatic rings. The molecule has 0 amide bonds. The van der Waals surface area contributed by atoms with Crippen LogP contribution in [0.1, 0.15) is 46.5 Å². The van der Waals surface area contributed by atoms with Crippen LogP contribution in [0.4, 0.5) is 0 Å². The average molecular weight is 234 g/mol. The highest BCUT2D eigenvalue weighted by Gasteiger charge is 2.63. The zero-order chi connectivity index (χ0) is 12.4. The molecule has 0 aromatic heterocycles. The van der Waals surface area contributed by atoms with Gasteiger partial charge in [0, 0.05) is 5.57 Å². The van der Waals surface area contributed by atoms with Crippen LogP contribution in [0.2, 0.25) is 0 Å². The molecule has 0 unspecified atom stereocenters. The zero-order valence-electron chi connectivity index (χ0n) is 11.0. The Labute approximate surface area is 103 Å². The fourth-order valence-corrected chi connectivity index (χ4v) is 5.25. The van der Waals surface area contributed by atoms with Gasteiger partial charge in [-0.3, -0.25) is 0 Å². The normalized spacial score (nSPS) is 46.5. The lowest BCUT2D eigenvalue weighted by Crippen LogP contribution is -2.32. The molecule has 2 saturated carbocycles. The van der Waals surface area contributed by atoms with Crippen molar-refractivity contribution >= 4 is 5.97 Å². The third-order valence-corrected chi connectivity index (χ3v) is 5.71. The lowest BCUT2D eigenvalue weighted by molar-refractivity contribution is -0.133. The number of hydrogen-bond acceptors (Lipinski definition) is 1. The maximum absolute atomic E-state index is 11.4. The molecule has 0 radical (unpaired) electrons. The quantitative estimate of drug-likeness (QED) is 0.754. The van der Waals surface area contributed by atoms with Crippen LogP contribution in [0.5, 0.6) is 0 Å². The van der Waals surface area contributed by atoms with Crippen molar-refractivity contribution < 1.29 is 9.90 Å². The van der Waals surface area contributed by atoms with Crippen molar-refractivity contribution in [3.05, 3.63) is 11.6 Å². The summed E-state index contributed by atoms with van der Waals surface area (Å²) in [6, 6.07) is 0. The molecule has 2 heteroatoms. The van der Waals surface area contributed by atoms with Crippen LogP contribution in [0, 0.1) is 28.6 Å². The molecule has 2 fully saturated rings. The van der Waals surface area contributed by atoms with Crippen LogP contribution < -0.4 is 0 Å². The monoisotopic (exact) mass is 234 g/mol. The Bertz CT molecular complexity index is 407. The van der Waals surface area contributed by atoms with Crippen molar-refractivity contribution in [1.29, 1.82) is 0 Å². The Morgan fingerprint density at radius 3 is 2.76 bits per heavy atom. The van der Waals surface area contributed by atoms with Crippen molar-refractivity contribution in [3.8, 4) is 0 Å². The third-order valence-electron chi connectivity index (χ3n) is 5.71. The highest BCUT2D eigenvalue weighted by Crippen LogP contribution is 2.70. The van der Waals surface area contributed by atoms with Gasteiger partial charge in [0.05, 0.1) is 0 Å². The van der Waals surface area contributed by atoms with Gasteiger partial charge in [0.2, 0.25) is 0 Å². The Kier molecular flexibility index (Phi) is 2.10. The number of rotatable bonds is 1. The van der Waals surface area contributed by atoms with E-state index >= 15 is 0 Å². The van der Waals surface area contributed by atoms with Crippen molar-refractivity contribution in [2.75, 3.05) is 0 Å². The van der Waals surface area contributed by atoms with Gasteiger partial charge < -0.3 is 5.11 Å². The first kappa shape index (κ1) is 11.3. The van der Waals surface area contributed by atoms with Gasteiger partial charge in [-0.1, -0.05) is 26.8 Å². The topological polar surface area (TPSA) is 37.3 Å². The van der Waals surface area contributed by atoms with E-state index < -0.39 is 5.97 Å². The summed E-state index contributed by atoms with van der Waals surface area (Å²) in [6.45, 7) is 7.03. The second-order valence-corrected chi connectivity index (χ2v) is 7.22. The van der Waals surface area contributed by atoms with Crippen LogP contribution in [0.3, 0.4) is 0 Å². The van der Waals surface area contributed by atoms with E-state index in [-0.39, 0.29) is 5.41 Å². The molecule has 0 aromatic carbocycles. The lowest BCUT2D eigenvalue weighted by Gasteiger charge is -2.36. The summed E-state index contributed by atoms with van der Waals surface area (Å²) in [4.78, 5) is 11.4. The molecule has 3 aliphatic rings. The fourth-order valence-electron chi connectivity index (χ4n) is 5.25. The summed E-state index contributed by atoms with van der Waals surface area (Å²) in [6.07, 6.45) is 6.79. The highest BCUT2D eigenvalue weighted by molar-refractivity contribution is 5.88. The maximum atomic E-state index is 11.4. The number of carboxylic acids is 1. The first-order valence-electron chi connectivity index (χ1n) is 6.82. The molecule has 17 heavy (non-hydrogen) atoms. The molecule has 0 heterocycles. The number of allylic oxidation sites excluding steroid dienone is 1. The smallest absolute Gasteiger partial charge is 0.331 e. The highest BCUT2D eigenvalue weighted by atomic mass is 16.4. The van der Waals surface area contributed by atoms with E-state index in [1.54, 1.807) is 0 Å². The van der Waals surface area contributed by atoms with E-state index in [0.29, 0.717) is 23.2 Å². The molecule has 94 valence electrons. The summed E-state index contributed by atoms with van der Waals surface area (Å²) in [5.74, 6) is 0.871. The molecule has 2 nitrogen and oxygen atoms in total. The van der Waals surface area contributed by atoms with Crippen LogP contribution >= 0.6 is 0 Å². The van der Waals surface area contributed by atoms with Crippen LogP contribution in [0.15, 0.2) is 11.6 Å². The molecule has 3 rings (SSSR count). The summed E-state index contributed by atoms with van der Waals surface area (Å²) in [5, 5.41) is 9.36. The minimum Gasteiger partial charge on any atom is -0.478 e. The second-order valence-electron chi connectivity index (χ2n) is 7.22. The van der Waals surface area contributed by atoms with E-state index in [1.165, 1.54) is 19.3 Å². The van der Waals surface area contributed by atoms with Crippen LogP contribution in [-0.2, 0) is 4.79 Å². The van der Waals surface area contributed by atoms with Gasteiger partial charge in [-0.2, -0.15) is 0 Å². The van der Waals surface area contributed by atoms with E-state index in [9.17, 15) is 9.90 Å². The van der Waals surface area contributed by atoms with E-state index in [2.05, 4.69) is 26.8 Å². The number of hydrogen-bond donors (Lipinski definition) is 1. The maximum Gasteiger partial charge on any atom is 0.331 e. The first-order valence-corrected chi connectivity index (χ1v) is 6.82. The summed E-state index contributed by atoms with van der Waals surface area (Å²) >= 11 is 0. The molecule has 0 aliphatic heterocycles. The van der Waals surface area contributed by atoms with Gasteiger partial charge in [0.15, 0.2) is 0 Å². The molecule has 0 bridgehead atoms. The average Bonchev–Trinajstić information content (AvgIpc) is 2.73. The Morgan fingerprint density at radius 2 is 2.12 bits per heavy atom. The molecular formula is C15H22O2. The molecule has 4 atom stereocenters. The summed E-state index contributed by atoms with van der Waals surface area (Å²) < 4.78 is 0. The minimum atomic E-state index is -0.671. The van der Waals surface area contributed by atoms with E-state index in [1.807, 2.05) is 0 Å². The van der Waals surface area contributed by atoms with Crippen molar-refractivity contribution in [2.24, 2.45) is 28.6 Å². The second kappa shape index (κ2) is 3.15. The predicted molar refractivity (Wildman–Crippen MR) is 66.5 cm³/mol. The molecular weight excluding hydrogens is 212 g/mol. The van der Waals surface area contributed by atoms with E-state index in [4.69, 9.17) is 0 Å². The zero-order valence-corrected chi connectivity index (χ0v) is 11.0. The predicted octanol–water partition coefficient (Wildman–Crippen LogP) is 3.48. The Morgan fingerprint density at radius 1 is 1.41 bits per heavy atom. The fraction of sp³-hybridized carbons (Fsp3) is 0.800. The minimum absolute atomic E-state index is 0.289.